The maximum absolute atomic E-state index is 12.2. The predicted molar refractivity (Wildman–Crippen MR) is 95.8 cm³/mol. The van der Waals surface area contributed by atoms with E-state index < -0.39 is 0 Å². The molecule has 0 aliphatic carbocycles. The van der Waals surface area contributed by atoms with E-state index in [1.165, 1.54) is 24.8 Å². The number of hydrogen-bond acceptors (Lipinski definition) is 3. The standard InChI is InChI=1S/C19H22N4O/c1-2-3-4-7-15-10-12-16(13-11-15)20-19(24)14-23-18-9-6-5-8-17(18)21-22-23/h5-6,8-13H,2-4,7,14H2,1H3,(H,20,24). The SMILES string of the molecule is CCCCCc1ccc(NC(=O)Cn2nnc3ccccc32)cc1. The predicted octanol–water partition coefficient (Wildman–Crippen LogP) is 3.80. The van der Waals surface area contributed by atoms with Crippen LogP contribution in [-0.4, -0.2) is 20.9 Å². The largest absolute Gasteiger partial charge is 0.324 e. The van der Waals surface area contributed by atoms with Gasteiger partial charge < -0.3 is 5.32 Å². The van der Waals surface area contributed by atoms with Gasteiger partial charge in [-0.15, -0.1) is 5.10 Å². The molecular formula is C19H22N4O. The number of unbranched alkanes of at least 4 members (excludes halogenated alkanes) is 2. The van der Waals surface area contributed by atoms with E-state index in [1.54, 1.807) is 4.68 Å². The number of anilines is 1. The summed E-state index contributed by atoms with van der Waals surface area (Å²) in [5.74, 6) is -0.107. The van der Waals surface area contributed by atoms with Crippen molar-refractivity contribution in [1.82, 2.24) is 15.0 Å². The number of rotatable bonds is 7. The van der Waals surface area contributed by atoms with Gasteiger partial charge in [0, 0.05) is 5.69 Å². The minimum Gasteiger partial charge on any atom is -0.324 e. The van der Waals surface area contributed by atoms with Gasteiger partial charge in [-0.1, -0.05) is 49.2 Å². The molecule has 0 fully saturated rings. The van der Waals surface area contributed by atoms with Gasteiger partial charge >= 0.3 is 0 Å². The van der Waals surface area contributed by atoms with Gasteiger partial charge in [-0.3, -0.25) is 4.79 Å². The van der Waals surface area contributed by atoms with E-state index >= 15 is 0 Å². The Morgan fingerprint density at radius 1 is 1.08 bits per heavy atom. The highest BCUT2D eigenvalue weighted by Gasteiger charge is 2.08. The first-order chi connectivity index (χ1) is 11.8. The van der Waals surface area contributed by atoms with E-state index in [0.717, 1.165) is 23.1 Å². The molecule has 124 valence electrons. The normalized spacial score (nSPS) is 10.9. The number of amides is 1. The second kappa shape index (κ2) is 7.73. The van der Waals surface area contributed by atoms with Crippen LogP contribution >= 0.6 is 0 Å². The number of nitrogens with one attached hydrogen (secondary N) is 1. The molecular weight excluding hydrogens is 300 g/mol. The fraction of sp³-hybridized carbons (Fsp3) is 0.316. The van der Waals surface area contributed by atoms with Gasteiger partial charge in [0.25, 0.3) is 0 Å². The third-order valence-electron chi connectivity index (χ3n) is 4.02. The van der Waals surface area contributed by atoms with Gasteiger partial charge in [0.2, 0.25) is 5.91 Å². The Kier molecular flexibility index (Phi) is 5.21. The topological polar surface area (TPSA) is 59.8 Å². The van der Waals surface area contributed by atoms with Gasteiger partial charge in [-0.2, -0.15) is 0 Å². The lowest BCUT2D eigenvalue weighted by molar-refractivity contribution is -0.116. The lowest BCUT2D eigenvalue weighted by atomic mass is 10.1. The molecule has 3 rings (SSSR count). The zero-order chi connectivity index (χ0) is 16.8. The van der Waals surface area contributed by atoms with Crippen LogP contribution in [0.5, 0.6) is 0 Å². The van der Waals surface area contributed by atoms with Crippen molar-refractivity contribution in [3.8, 4) is 0 Å². The van der Waals surface area contributed by atoms with Crippen LogP contribution in [0.2, 0.25) is 0 Å². The summed E-state index contributed by atoms with van der Waals surface area (Å²) in [6.07, 6.45) is 4.78. The smallest absolute Gasteiger partial charge is 0.246 e. The van der Waals surface area contributed by atoms with Crippen molar-refractivity contribution in [2.24, 2.45) is 0 Å². The van der Waals surface area contributed by atoms with Crippen molar-refractivity contribution in [1.29, 1.82) is 0 Å². The lowest BCUT2D eigenvalue weighted by Crippen LogP contribution is -2.19. The molecule has 3 aromatic rings. The van der Waals surface area contributed by atoms with E-state index in [1.807, 2.05) is 36.4 Å². The van der Waals surface area contributed by atoms with Gasteiger partial charge in [-0.05, 0) is 42.7 Å². The molecule has 2 aromatic carbocycles. The summed E-state index contributed by atoms with van der Waals surface area (Å²) in [6, 6.07) is 15.7. The maximum atomic E-state index is 12.2. The second-order valence-electron chi connectivity index (χ2n) is 5.94. The molecule has 0 radical (unpaired) electrons. The van der Waals surface area contributed by atoms with E-state index in [-0.39, 0.29) is 12.5 Å². The van der Waals surface area contributed by atoms with Crippen molar-refractivity contribution in [2.75, 3.05) is 5.32 Å². The van der Waals surface area contributed by atoms with E-state index in [9.17, 15) is 4.79 Å². The van der Waals surface area contributed by atoms with E-state index in [4.69, 9.17) is 0 Å². The zero-order valence-electron chi connectivity index (χ0n) is 13.9. The van der Waals surface area contributed by atoms with Crippen LogP contribution in [0.15, 0.2) is 48.5 Å². The molecule has 1 N–H and O–H groups in total. The van der Waals surface area contributed by atoms with Gasteiger partial charge in [0.15, 0.2) is 0 Å². The number of aromatic nitrogens is 3. The number of carbonyl (C=O) groups excluding carboxylic acids is 1. The molecule has 0 saturated heterocycles. The number of hydrogen-bond donors (Lipinski definition) is 1. The second-order valence-corrected chi connectivity index (χ2v) is 5.94. The first-order valence-electron chi connectivity index (χ1n) is 8.43. The number of carbonyl (C=O) groups is 1. The van der Waals surface area contributed by atoms with Gasteiger partial charge in [0.05, 0.1) is 5.52 Å². The molecule has 0 unspecified atom stereocenters. The van der Waals surface area contributed by atoms with Crippen LogP contribution in [0, 0.1) is 0 Å². The Morgan fingerprint density at radius 2 is 1.88 bits per heavy atom. The summed E-state index contributed by atoms with van der Waals surface area (Å²) < 4.78 is 1.61. The molecule has 1 aromatic heterocycles. The van der Waals surface area contributed by atoms with E-state index in [0.29, 0.717) is 0 Å². The minimum absolute atomic E-state index is 0.107. The van der Waals surface area contributed by atoms with Crippen LogP contribution in [0.4, 0.5) is 5.69 Å². The molecule has 0 spiro atoms. The quantitative estimate of drug-likeness (QED) is 0.673. The number of aryl methyl sites for hydroxylation is 1. The molecule has 0 atom stereocenters. The van der Waals surface area contributed by atoms with Crippen molar-refractivity contribution < 1.29 is 4.79 Å². The van der Waals surface area contributed by atoms with Crippen molar-refractivity contribution in [3.63, 3.8) is 0 Å². The van der Waals surface area contributed by atoms with Crippen LogP contribution in [0.1, 0.15) is 31.7 Å². The lowest BCUT2D eigenvalue weighted by Gasteiger charge is -2.07. The third kappa shape index (κ3) is 3.98. The highest BCUT2D eigenvalue weighted by atomic mass is 16.2. The summed E-state index contributed by atoms with van der Waals surface area (Å²) in [4.78, 5) is 12.2. The molecule has 5 nitrogen and oxygen atoms in total. The average molecular weight is 322 g/mol. The third-order valence-corrected chi connectivity index (χ3v) is 4.02. The monoisotopic (exact) mass is 322 g/mol. The number of benzene rings is 2. The average Bonchev–Trinajstić information content (AvgIpc) is 3.00. The summed E-state index contributed by atoms with van der Waals surface area (Å²) in [7, 11) is 0. The van der Waals surface area contributed by atoms with Crippen molar-refractivity contribution in [2.45, 2.75) is 39.2 Å². The molecule has 1 amide bonds. The molecule has 0 aliphatic rings. The van der Waals surface area contributed by atoms with Crippen molar-refractivity contribution >= 4 is 22.6 Å². The van der Waals surface area contributed by atoms with Crippen LogP contribution in [-0.2, 0) is 17.8 Å². The summed E-state index contributed by atoms with van der Waals surface area (Å²) in [5.41, 5.74) is 3.77. The van der Waals surface area contributed by atoms with E-state index in [2.05, 4.69) is 34.7 Å². The molecule has 24 heavy (non-hydrogen) atoms. The number of nitrogens with zero attached hydrogens (tertiary/aromatic N) is 3. The summed E-state index contributed by atoms with van der Waals surface area (Å²) >= 11 is 0. The first kappa shape index (κ1) is 16.2. The Hall–Kier alpha value is -2.69. The zero-order valence-corrected chi connectivity index (χ0v) is 13.9. The number of para-hydroxylation sites is 1. The highest BCUT2D eigenvalue weighted by Crippen LogP contribution is 2.13. The number of fused-ring (bicyclic) bond motifs is 1. The molecule has 5 heteroatoms. The molecule has 0 bridgehead atoms. The van der Waals surface area contributed by atoms with Crippen molar-refractivity contribution in [3.05, 3.63) is 54.1 Å². The molecule has 0 saturated carbocycles. The first-order valence-corrected chi connectivity index (χ1v) is 8.43. The molecule has 0 aliphatic heterocycles. The summed E-state index contributed by atoms with van der Waals surface area (Å²) in [5, 5.41) is 11.0. The fourth-order valence-corrected chi connectivity index (χ4v) is 2.70. The van der Waals surface area contributed by atoms with Gasteiger partial charge in [-0.25, -0.2) is 4.68 Å². The fourth-order valence-electron chi connectivity index (χ4n) is 2.70. The maximum Gasteiger partial charge on any atom is 0.246 e. The van der Waals surface area contributed by atoms with Crippen LogP contribution < -0.4 is 5.32 Å². The Labute approximate surface area is 141 Å². The summed E-state index contributed by atoms with van der Waals surface area (Å²) in [6.45, 7) is 2.36. The Bertz CT molecular complexity index is 808. The minimum atomic E-state index is -0.107. The highest BCUT2D eigenvalue weighted by molar-refractivity contribution is 5.91. The Morgan fingerprint density at radius 3 is 2.67 bits per heavy atom. The van der Waals surface area contributed by atoms with Crippen LogP contribution in [0.25, 0.3) is 11.0 Å². The van der Waals surface area contributed by atoms with Crippen LogP contribution in [0.3, 0.4) is 0 Å². The molecule has 1 heterocycles. The Balaban J connectivity index is 1.58. The van der Waals surface area contributed by atoms with Gasteiger partial charge in [0.1, 0.15) is 12.1 Å².